The third-order valence-corrected chi connectivity index (χ3v) is 7.30. The molecule has 0 N–H and O–H groups in total. The van der Waals surface area contributed by atoms with Gasteiger partial charge in [0.25, 0.3) is 0 Å². The molecule has 0 amide bonds. The highest BCUT2D eigenvalue weighted by atomic mass is 14.9. The van der Waals surface area contributed by atoms with Crippen molar-refractivity contribution < 1.29 is 5.94 Å². The van der Waals surface area contributed by atoms with E-state index < -0.39 is 0 Å². The average Bonchev–Trinajstić information content (AvgIpc) is 2.80. The van der Waals surface area contributed by atoms with Gasteiger partial charge in [-0.05, 0) is 76.9 Å². The van der Waals surface area contributed by atoms with Crippen LogP contribution < -0.4 is 4.57 Å². The molecule has 0 bridgehead atoms. The SMILES string of the molecule is [2H]c1c(C)[n+](C)c(-c2cc(-c3ccccc3)cc(C)c2C)c2ccc(C(C(C)C)C(C)C)cc12. The lowest BCUT2D eigenvalue weighted by molar-refractivity contribution is -0.665. The van der Waals surface area contributed by atoms with Gasteiger partial charge >= 0.3 is 0 Å². The lowest BCUT2D eigenvalue weighted by atomic mass is 9.79. The predicted octanol–water partition coefficient (Wildman–Crippen LogP) is 8.32. The van der Waals surface area contributed by atoms with Gasteiger partial charge in [-0.15, -0.1) is 0 Å². The van der Waals surface area contributed by atoms with Gasteiger partial charge in [0, 0.05) is 13.0 Å². The first-order valence-electron chi connectivity index (χ1n) is 12.7. The van der Waals surface area contributed by atoms with Crippen LogP contribution in [-0.2, 0) is 7.05 Å². The molecule has 0 atom stereocenters. The molecule has 33 heavy (non-hydrogen) atoms. The standard InChI is InChI=1S/C32H38N/c1-20(2)31(21(3)4)26-14-15-29-28(18-26)17-23(6)33(8)32(29)30-19-27(16-22(5)24(30)7)25-12-10-9-11-13-25/h9-21,31H,1-8H3/q+1/i17D. The summed E-state index contributed by atoms with van der Waals surface area (Å²) < 4.78 is 11.2. The Morgan fingerprint density at radius 3 is 2.09 bits per heavy atom. The number of aromatic nitrogens is 1. The molecule has 0 spiro atoms. The van der Waals surface area contributed by atoms with Crippen molar-refractivity contribution in [3.63, 3.8) is 0 Å². The molecule has 4 aromatic rings. The van der Waals surface area contributed by atoms with E-state index >= 15 is 0 Å². The molecule has 170 valence electrons. The average molecular weight is 438 g/mol. The maximum atomic E-state index is 8.99. The fourth-order valence-corrected chi connectivity index (χ4v) is 5.47. The Morgan fingerprint density at radius 2 is 1.45 bits per heavy atom. The summed E-state index contributed by atoms with van der Waals surface area (Å²) in [5.74, 6) is 1.59. The maximum absolute atomic E-state index is 8.99. The molecule has 0 saturated carbocycles. The summed E-state index contributed by atoms with van der Waals surface area (Å²) in [6, 6.07) is 22.7. The number of pyridine rings is 1. The van der Waals surface area contributed by atoms with Crippen molar-refractivity contribution in [1.29, 1.82) is 0 Å². The van der Waals surface area contributed by atoms with E-state index in [1.807, 2.05) is 0 Å². The van der Waals surface area contributed by atoms with E-state index in [9.17, 15) is 0 Å². The molecule has 1 heterocycles. The van der Waals surface area contributed by atoms with Crippen molar-refractivity contribution in [3.8, 4) is 22.4 Å². The second-order valence-electron chi connectivity index (χ2n) is 10.3. The first-order chi connectivity index (χ1) is 16.1. The molecule has 0 radical (unpaired) electrons. The first kappa shape index (κ1) is 21.9. The van der Waals surface area contributed by atoms with Gasteiger partial charge in [0.05, 0.1) is 12.3 Å². The molecule has 3 aromatic carbocycles. The molecule has 0 aliphatic rings. The van der Waals surface area contributed by atoms with Crippen molar-refractivity contribution in [2.75, 3.05) is 0 Å². The van der Waals surface area contributed by atoms with Crippen LogP contribution >= 0.6 is 0 Å². The summed E-state index contributed by atoms with van der Waals surface area (Å²) in [5.41, 5.74) is 9.81. The molecule has 0 saturated heterocycles. The van der Waals surface area contributed by atoms with Crippen LogP contribution in [0.1, 0.15) is 57.4 Å². The second kappa shape index (κ2) is 9.14. The van der Waals surface area contributed by atoms with Crippen molar-refractivity contribution in [1.82, 2.24) is 0 Å². The zero-order chi connectivity index (χ0) is 24.7. The fraction of sp³-hybridized carbons (Fsp3) is 0.344. The Balaban J connectivity index is 2.03. The highest BCUT2D eigenvalue weighted by Crippen LogP contribution is 2.37. The maximum Gasteiger partial charge on any atom is 0.220 e. The lowest BCUT2D eigenvalue weighted by Gasteiger charge is -2.26. The van der Waals surface area contributed by atoms with Gasteiger partial charge in [-0.3, -0.25) is 0 Å². The second-order valence-corrected chi connectivity index (χ2v) is 10.3. The quantitative estimate of drug-likeness (QED) is 0.276. The van der Waals surface area contributed by atoms with E-state index in [2.05, 4.69) is 121 Å². The minimum absolute atomic E-state index is 0.479. The van der Waals surface area contributed by atoms with Gasteiger partial charge in [-0.25, -0.2) is 0 Å². The lowest BCUT2D eigenvalue weighted by Crippen LogP contribution is -2.35. The van der Waals surface area contributed by atoms with E-state index in [0.29, 0.717) is 23.8 Å². The molecule has 1 aromatic heterocycles. The molecule has 0 aliphatic carbocycles. The number of nitrogens with zero attached hydrogens (tertiary/aromatic N) is 1. The van der Waals surface area contributed by atoms with Gasteiger partial charge in [-0.2, -0.15) is 4.57 Å². The Labute approximate surface area is 201 Å². The molecule has 0 fully saturated rings. The van der Waals surface area contributed by atoms with Crippen LogP contribution in [0.5, 0.6) is 0 Å². The van der Waals surface area contributed by atoms with Gasteiger partial charge in [0.1, 0.15) is 7.05 Å². The van der Waals surface area contributed by atoms with Crippen molar-refractivity contribution in [3.05, 3.63) is 89.1 Å². The highest BCUT2D eigenvalue weighted by molar-refractivity contribution is 5.95. The number of hydrogen-bond donors (Lipinski definition) is 0. The summed E-state index contributed by atoms with van der Waals surface area (Å²) in [6.45, 7) is 15.7. The summed E-state index contributed by atoms with van der Waals surface area (Å²) in [4.78, 5) is 0. The van der Waals surface area contributed by atoms with Crippen molar-refractivity contribution in [2.24, 2.45) is 18.9 Å². The minimum Gasteiger partial charge on any atom is -0.198 e. The highest BCUT2D eigenvalue weighted by Gasteiger charge is 2.24. The van der Waals surface area contributed by atoms with Gasteiger partial charge < -0.3 is 0 Å². The zero-order valence-corrected chi connectivity index (χ0v) is 21.5. The molecule has 0 unspecified atom stereocenters. The van der Waals surface area contributed by atoms with Crippen molar-refractivity contribution in [2.45, 2.75) is 54.4 Å². The summed E-state index contributed by atoms with van der Waals surface area (Å²) in [7, 11) is 2.10. The predicted molar refractivity (Wildman–Crippen MR) is 143 cm³/mol. The van der Waals surface area contributed by atoms with Crippen LogP contribution in [0.2, 0.25) is 0 Å². The number of benzene rings is 3. The first-order valence-corrected chi connectivity index (χ1v) is 12.2. The van der Waals surface area contributed by atoms with E-state index in [-0.39, 0.29) is 0 Å². The minimum atomic E-state index is 0.479. The van der Waals surface area contributed by atoms with Crippen LogP contribution in [0.15, 0.2) is 66.7 Å². The summed E-state index contributed by atoms with van der Waals surface area (Å²) in [5, 5.41) is 2.21. The monoisotopic (exact) mass is 437 g/mol. The van der Waals surface area contributed by atoms with Crippen LogP contribution in [-0.4, -0.2) is 0 Å². The van der Waals surface area contributed by atoms with Crippen LogP contribution in [0.25, 0.3) is 33.2 Å². The molecule has 1 heteroatoms. The van der Waals surface area contributed by atoms with Crippen LogP contribution in [0.4, 0.5) is 0 Å². The normalized spacial score (nSPS) is 12.3. The Kier molecular flexibility index (Phi) is 6.06. The Hall–Kier alpha value is -2.93. The molecular formula is C32H38N+. The van der Waals surface area contributed by atoms with Crippen LogP contribution in [0, 0.1) is 32.6 Å². The van der Waals surface area contributed by atoms with E-state index in [4.69, 9.17) is 1.37 Å². The van der Waals surface area contributed by atoms with Gasteiger partial charge in [0.2, 0.25) is 5.69 Å². The Bertz CT molecular complexity index is 1340. The van der Waals surface area contributed by atoms with E-state index in [1.54, 1.807) is 0 Å². The molecule has 1 nitrogen and oxygen atoms in total. The van der Waals surface area contributed by atoms with Gasteiger partial charge in [-0.1, -0.05) is 76.2 Å². The van der Waals surface area contributed by atoms with E-state index in [1.165, 1.54) is 39.1 Å². The molecule has 4 rings (SSSR count). The third-order valence-electron chi connectivity index (χ3n) is 7.30. The number of rotatable bonds is 5. The topological polar surface area (TPSA) is 3.88 Å². The molecule has 0 aliphatic heterocycles. The fourth-order valence-electron chi connectivity index (χ4n) is 5.47. The zero-order valence-electron chi connectivity index (χ0n) is 22.5. The number of fused-ring (bicyclic) bond motifs is 1. The largest absolute Gasteiger partial charge is 0.220 e. The van der Waals surface area contributed by atoms with Crippen LogP contribution in [0.3, 0.4) is 0 Å². The summed E-state index contributed by atoms with van der Waals surface area (Å²) in [6.07, 6.45) is 0. The summed E-state index contributed by atoms with van der Waals surface area (Å²) >= 11 is 0. The Morgan fingerprint density at radius 1 is 0.788 bits per heavy atom. The van der Waals surface area contributed by atoms with E-state index in [0.717, 1.165) is 16.5 Å². The smallest absolute Gasteiger partial charge is 0.198 e. The number of hydrogen-bond acceptors (Lipinski definition) is 0. The molecular weight excluding hydrogens is 398 g/mol. The number of aryl methyl sites for hydroxylation is 1. The van der Waals surface area contributed by atoms with Gasteiger partial charge in [0.15, 0.2) is 5.69 Å². The third kappa shape index (κ3) is 4.34. The van der Waals surface area contributed by atoms with Crippen molar-refractivity contribution >= 4 is 10.8 Å².